The van der Waals surface area contributed by atoms with Gasteiger partial charge in [0.2, 0.25) is 0 Å². The van der Waals surface area contributed by atoms with Gasteiger partial charge in [0.05, 0.1) is 6.10 Å². The van der Waals surface area contributed by atoms with Crippen LogP contribution in [0, 0.1) is 5.92 Å². The Morgan fingerprint density at radius 2 is 1.59 bits per heavy atom. The molecule has 2 aliphatic rings. The van der Waals surface area contributed by atoms with Gasteiger partial charge in [0.15, 0.2) is 0 Å². The Kier molecular flexibility index (Phi) is 9.65. The number of rotatable bonds is 3. The minimum absolute atomic E-state index is 0. The molecule has 0 atom stereocenters. The molecule has 0 unspecified atom stereocenters. The summed E-state index contributed by atoms with van der Waals surface area (Å²) in [6.07, 6.45) is 6.00. The van der Waals surface area contributed by atoms with E-state index in [0.717, 1.165) is 31.8 Å². The molecule has 0 saturated carbocycles. The van der Waals surface area contributed by atoms with Crippen molar-refractivity contribution < 1.29 is 5.11 Å². The molecule has 0 spiro atoms. The lowest BCUT2D eigenvalue weighted by atomic mass is 9.94. The molecule has 2 fully saturated rings. The van der Waals surface area contributed by atoms with Crippen LogP contribution in [-0.2, 0) is 0 Å². The van der Waals surface area contributed by atoms with E-state index in [-0.39, 0.29) is 30.9 Å². The van der Waals surface area contributed by atoms with Gasteiger partial charge in [-0.25, -0.2) is 0 Å². The molecule has 0 amide bonds. The van der Waals surface area contributed by atoms with Crippen LogP contribution in [0.4, 0.5) is 0 Å². The second kappa shape index (κ2) is 9.40. The molecule has 2 saturated heterocycles. The van der Waals surface area contributed by atoms with Crippen LogP contribution in [0.1, 0.15) is 32.1 Å². The molecule has 104 valence electrons. The van der Waals surface area contributed by atoms with E-state index in [1.165, 1.54) is 38.9 Å². The largest absolute Gasteiger partial charge is 0.393 e. The molecule has 0 aromatic rings. The predicted molar refractivity (Wildman–Crippen MR) is 76.4 cm³/mol. The Morgan fingerprint density at radius 3 is 2.18 bits per heavy atom. The molecule has 17 heavy (non-hydrogen) atoms. The molecule has 2 aliphatic heterocycles. The predicted octanol–water partition coefficient (Wildman–Crippen LogP) is 1.68. The van der Waals surface area contributed by atoms with E-state index in [1.54, 1.807) is 0 Å². The number of hydrogen-bond acceptors (Lipinski definition) is 3. The maximum absolute atomic E-state index is 9.41. The van der Waals surface area contributed by atoms with E-state index >= 15 is 0 Å². The minimum atomic E-state index is -0.0277. The summed E-state index contributed by atoms with van der Waals surface area (Å²) in [7, 11) is 0. The molecule has 0 aliphatic carbocycles. The number of hydrogen-bond donors (Lipinski definition) is 2. The molecule has 0 radical (unpaired) electrons. The van der Waals surface area contributed by atoms with Crippen molar-refractivity contribution in [2.45, 2.75) is 38.2 Å². The average Bonchev–Trinajstić information content (AvgIpc) is 2.30. The number of aliphatic hydroxyl groups excluding tert-OH is 1. The van der Waals surface area contributed by atoms with Gasteiger partial charge in [0.1, 0.15) is 0 Å². The zero-order valence-corrected chi connectivity index (χ0v) is 12.1. The first-order chi connectivity index (χ1) is 7.34. The van der Waals surface area contributed by atoms with E-state index < -0.39 is 0 Å². The fraction of sp³-hybridized carbons (Fsp3) is 1.00. The van der Waals surface area contributed by atoms with Crippen LogP contribution in [0.2, 0.25) is 0 Å². The van der Waals surface area contributed by atoms with Gasteiger partial charge in [-0.3, -0.25) is 0 Å². The highest BCUT2D eigenvalue weighted by Gasteiger charge is 2.18. The molecule has 0 aromatic carbocycles. The van der Waals surface area contributed by atoms with Crippen molar-refractivity contribution in [3.63, 3.8) is 0 Å². The number of halogens is 2. The van der Waals surface area contributed by atoms with Gasteiger partial charge < -0.3 is 15.3 Å². The number of likely N-dealkylation sites (tertiary alicyclic amines) is 1. The van der Waals surface area contributed by atoms with Gasteiger partial charge >= 0.3 is 0 Å². The van der Waals surface area contributed by atoms with Crippen LogP contribution in [0.25, 0.3) is 0 Å². The third-order valence-corrected chi connectivity index (χ3v) is 3.87. The fourth-order valence-electron chi connectivity index (χ4n) is 2.68. The van der Waals surface area contributed by atoms with Crippen LogP contribution >= 0.6 is 24.8 Å². The Hall–Kier alpha value is 0.460. The molecule has 0 aromatic heterocycles. The Labute approximate surface area is 117 Å². The summed E-state index contributed by atoms with van der Waals surface area (Å²) in [5.74, 6) is 0.943. The molecule has 3 nitrogen and oxygen atoms in total. The summed E-state index contributed by atoms with van der Waals surface area (Å²) in [5, 5.41) is 12.8. The smallest absolute Gasteiger partial charge is 0.0564 e. The summed E-state index contributed by atoms with van der Waals surface area (Å²) in [4.78, 5) is 2.52. The van der Waals surface area contributed by atoms with Crippen molar-refractivity contribution in [3.8, 4) is 0 Å². The maximum Gasteiger partial charge on any atom is 0.0564 e. The van der Waals surface area contributed by atoms with Crippen LogP contribution in [-0.4, -0.2) is 48.8 Å². The van der Waals surface area contributed by atoms with Gasteiger partial charge in [-0.1, -0.05) is 0 Å². The quantitative estimate of drug-likeness (QED) is 0.828. The van der Waals surface area contributed by atoms with Crippen molar-refractivity contribution in [2.24, 2.45) is 5.92 Å². The summed E-state index contributed by atoms with van der Waals surface area (Å²) >= 11 is 0. The number of aliphatic hydroxyl groups is 1. The highest BCUT2D eigenvalue weighted by Crippen LogP contribution is 2.18. The first-order valence-corrected chi connectivity index (χ1v) is 6.46. The van der Waals surface area contributed by atoms with Gasteiger partial charge in [-0.15, -0.1) is 24.8 Å². The van der Waals surface area contributed by atoms with E-state index in [9.17, 15) is 5.11 Å². The van der Waals surface area contributed by atoms with Gasteiger partial charge in [-0.2, -0.15) is 0 Å². The fourth-order valence-corrected chi connectivity index (χ4v) is 2.68. The summed E-state index contributed by atoms with van der Waals surface area (Å²) in [6.45, 7) is 5.88. The second-order valence-electron chi connectivity index (χ2n) is 5.05. The lowest BCUT2D eigenvalue weighted by molar-refractivity contribution is 0.0789. The summed E-state index contributed by atoms with van der Waals surface area (Å²) < 4.78 is 0. The van der Waals surface area contributed by atoms with Crippen molar-refractivity contribution in [2.75, 3.05) is 32.7 Å². The third kappa shape index (κ3) is 6.25. The van der Waals surface area contributed by atoms with Crippen molar-refractivity contribution in [1.29, 1.82) is 0 Å². The zero-order valence-electron chi connectivity index (χ0n) is 10.4. The van der Waals surface area contributed by atoms with Crippen LogP contribution in [0.15, 0.2) is 0 Å². The van der Waals surface area contributed by atoms with Crippen molar-refractivity contribution in [3.05, 3.63) is 0 Å². The standard InChI is InChI=1S/C12H24N2O.2ClH/c15-12-4-9-14(10-5-12)8-3-11-1-6-13-7-2-11;;/h11-13,15H,1-10H2;2*1H. The van der Waals surface area contributed by atoms with Crippen LogP contribution in [0.5, 0.6) is 0 Å². The monoisotopic (exact) mass is 284 g/mol. The lowest BCUT2D eigenvalue weighted by Crippen LogP contribution is -2.37. The van der Waals surface area contributed by atoms with Crippen LogP contribution < -0.4 is 5.32 Å². The van der Waals surface area contributed by atoms with Crippen molar-refractivity contribution in [1.82, 2.24) is 10.2 Å². The molecular formula is C12H26Cl2N2O. The van der Waals surface area contributed by atoms with Crippen molar-refractivity contribution >= 4 is 24.8 Å². The number of nitrogens with zero attached hydrogens (tertiary/aromatic N) is 1. The molecule has 2 rings (SSSR count). The van der Waals surface area contributed by atoms with Crippen LogP contribution in [0.3, 0.4) is 0 Å². The first kappa shape index (κ1) is 17.5. The zero-order chi connectivity index (χ0) is 10.5. The van der Waals surface area contributed by atoms with Gasteiger partial charge in [0, 0.05) is 13.1 Å². The van der Waals surface area contributed by atoms with Gasteiger partial charge in [0.25, 0.3) is 0 Å². The second-order valence-corrected chi connectivity index (χ2v) is 5.05. The Balaban J connectivity index is 0.00000128. The normalized spacial score (nSPS) is 23.8. The highest BCUT2D eigenvalue weighted by atomic mass is 35.5. The number of nitrogens with one attached hydrogen (secondary N) is 1. The summed E-state index contributed by atoms with van der Waals surface area (Å²) in [5.41, 5.74) is 0. The molecule has 2 heterocycles. The Bertz CT molecular complexity index is 181. The average molecular weight is 285 g/mol. The SMILES string of the molecule is Cl.Cl.OC1CCN(CCC2CCNCC2)CC1. The Morgan fingerprint density at radius 1 is 1.00 bits per heavy atom. The third-order valence-electron chi connectivity index (χ3n) is 3.87. The van der Waals surface area contributed by atoms with E-state index in [1.807, 2.05) is 0 Å². The topological polar surface area (TPSA) is 35.5 Å². The molecular weight excluding hydrogens is 259 g/mol. The number of piperidine rings is 2. The maximum atomic E-state index is 9.41. The molecule has 0 bridgehead atoms. The molecule has 5 heteroatoms. The highest BCUT2D eigenvalue weighted by molar-refractivity contribution is 5.85. The molecule has 2 N–H and O–H groups in total. The van der Waals surface area contributed by atoms with E-state index in [4.69, 9.17) is 0 Å². The lowest BCUT2D eigenvalue weighted by Gasteiger charge is -2.31. The van der Waals surface area contributed by atoms with E-state index in [2.05, 4.69) is 10.2 Å². The first-order valence-electron chi connectivity index (χ1n) is 6.46. The summed E-state index contributed by atoms with van der Waals surface area (Å²) in [6, 6.07) is 0. The van der Waals surface area contributed by atoms with E-state index in [0.29, 0.717) is 0 Å². The minimum Gasteiger partial charge on any atom is -0.393 e. The van der Waals surface area contributed by atoms with Gasteiger partial charge in [-0.05, 0) is 57.7 Å².